The third-order valence-electron chi connectivity index (χ3n) is 6.16. The van der Waals surface area contributed by atoms with E-state index in [4.69, 9.17) is 9.47 Å². The van der Waals surface area contributed by atoms with Gasteiger partial charge >= 0.3 is 5.97 Å². The van der Waals surface area contributed by atoms with Gasteiger partial charge in [0.2, 0.25) is 0 Å². The van der Waals surface area contributed by atoms with Crippen LogP contribution in [0.2, 0.25) is 0 Å². The van der Waals surface area contributed by atoms with E-state index in [9.17, 15) is 15.2 Å². The molecular formula is C22H30N2O4. The molecule has 1 aliphatic heterocycles. The van der Waals surface area contributed by atoms with Crippen molar-refractivity contribution >= 4 is 5.97 Å². The van der Waals surface area contributed by atoms with Gasteiger partial charge in [0.05, 0.1) is 24.2 Å². The number of aliphatic carboxylic acids is 1. The summed E-state index contributed by atoms with van der Waals surface area (Å²) in [6.07, 6.45) is 5.92. The first-order valence-corrected chi connectivity index (χ1v) is 10.3. The third-order valence-corrected chi connectivity index (χ3v) is 6.16. The standard InChI is InChI=1S/C22H30N2O4/c1-3-27-19-9-8-17(14-20(19)28-18-6-4-5-7-18)22(15-23)10-12-24(13-11-22)16(2)21(25)26/h8-9,14,16,18H,3-7,10-13H2,1-2H3,(H,25,26). The van der Waals surface area contributed by atoms with Crippen LogP contribution in [0.4, 0.5) is 0 Å². The lowest BCUT2D eigenvalue weighted by Gasteiger charge is -2.39. The molecule has 0 amide bonds. The van der Waals surface area contributed by atoms with E-state index in [1.54, 1.807) is 6.92 Å². The number of carbonyl (C=O) groups is 1. The van der Waals surface area contributed by atoms with Gasteiger partial charge in [0.25, 0.3) is 0 Å². The lowest BCUT2D eigenvalue weighted by molar-refractivity contribution is -0.143. The average molecular weight is 386 g/mol. The summed E-state index contributed by atoms with van der Waals surface area (Å²) in [5, 5.41) is 19.3. The molecule has 1 aromatic carbocycles. The van der Waals surface area contributed by atoms with Crippen LogP contribution in [0.5, 0.6) is 11.5 Å². The minimum atomic E-state index is -0.822. The molecule has 1 saturated carbocycles. The Labute approximate surface area is 167 Å². The van der Waals surface area contributed by atoms with Gasteiger partial charge in [0.15, 0.2) is 11.5 Å². The largest absolute Gasteiger partial charge is 0.490 e. The second kappa shape index (κ2) is 8.83. The van der Waals surface area contributed by atoms with Crippen molar-refractivity contribution < 1.29 is 19.4 Å². The maximum absolute atomic E-state index is 11.3. The van der Waals surface area contributed by atoms with Gasteiger partial charge in [-0.3, -0.25) is 9.69 Å². The SMILES string of the molecule is CCOc1ccc(C2(C#N)CCN(C(C)C(=O)O)CC2)cc1OC1CCCC1. The van der Waals surface area contributed by atoms with Crippen LogP contribution in [0.25, 0.3) is 0 Å². The number of hydrogen-bond donors (Lipinski definition) is 1. The van der Waals surface area contributed by atoms with E-state index in [0.717, 1.165) is 29.9 Å². The number of ether oxygens (including phenoxy) is 2. The van der Waals surface area contributed by atoms with E-state index in [0.29, 0.717) is 32.5 Å². The summed E-state index contributed by atoms with van der Waals surface area (Å²) < 4.78 is 12.0. The summed E-state index contributed by atoms with van der Waals surface area (Å²) in [7, 11) is 0. The van der Waals surface area contributed by atoms with E-state index < -0.39 is 17.4 Å². The fourth-order valence-corrected chi connectivity index (χ4v) is 4.27. The highest BCUT2D eigenvalue weighted by molar-refractivity contribution is 5.72. The monoisotopic (exact) mass is 386 g/mol. The van der Waals surface area contributed by atoms with Crippen molar-refractivity contribution in [3.8, 4) is 17.6 Å². The minimum Gasteiger partial charge on any atom is -0.490 e. The van der Waals surface area contributed by atoms with Gasteiger partial charge in [-0.1, -0.05) is 6.07 Å². The molecule has 2 fully saturated rings. The quantitative estimate of drug-likeness (QED) is 0.769. The zero-order valence-corrected chi connectivity index (χ0v) is 16.8. The Morgan fingerprint density at radius 2 is 2.00 bits per heavy atom. The number of rotatable bonds is 7. The van der Waals surface area contributed by atoms with Crippen LogP contribution in [0.15, 0.2) is 18.2 Å². The molecule has 1 unspecified atom stereocenters. The molecule has 1 aliphatic carbocycles. The number of nitrogens with zero attached hydrogens (tertiary/aromatic N) is 2. The molecule has 1 N–H and O–H groups in total. The number of piperidine rings is 1. The first-order chi connectivity index (χ1) is 13.5. The Morgan fingerprint density at radius 1 is 1.32 bits per heavy atom. The smallest absolute Gasteiger partial charge is 0.320 e. The van der Waals surface area contributed by atoms with E-state index in [1.165, 1.54) is 12.8 Å². The van der Waals surface area contributed by atoms with Crippen LogP contribution in [-0.2, 0) is 10.2 Å². The molecule has 0 radical (unpaired) electrons. The maximum atomic E-state index is 11.3. The normalized spacial score (nSPS) is 21.0. The van der Waals surface area contributed by atoms with Crippen LogP contribution >= 0.6 is 0 Å². The Hall–Kier alpha value is -2.26. The second-order valence-corrected chi connectivity index (χ2v) is 7.86. The van der Waals surface area contributed by atoms with E-state index in [1.807, 2.05) is 30.0 Å². The second-order valence-electron chi connectivity index (χ2n) is 7.86. The summed E-state index contributed by atoms with van der Waals surface area (Å²) in [5.41, 5.74) is 0.321. The van der Waals surface area contributed by atoms with Crippen LogP contribution in [-0.4, -0.2) is 47.8 Å². The molecule has 0 aromatic heterocycles. The Kier molecular flexibility index (Phi) is 6.46. The van der Waals surface area contributed by atoms with Crippen LogP contribution in [0.3, 0.4) is 0 Å². The summed E-state index contributed by atoms with van der Waals surface area (Å²) in [5.74, 6) is 0.628. The van der Waals surface area contributed by atoms with Crippen LogP contribution < -0.4 is 9.47 Å². The van der Waals surface area contributed by atoms with Gasteiger partial charge in [-0.2, -0.15) is 5.26 Å². The molecule has 2 aliphatic rings. The zero-order chi connectivity index (χ0) is 20.1. The number of hydrogen-bond acceptors (Lipinski definition) is 5. The average Bonchev–Trinajstić information content (AvgIpc) is 3.22. The Bertz CT molecular complexity index is 729. The molecule has 0 bridgehead atoms. The minimum absolute atomic E-state index is 0.214. The fourth-order valence-electron chi connectivity index (χ4n) is 4.27. The zero-order valence-electron chi connectivity index (χ0n) is 16.8. The number of benzene rings is 1. The molecule has 0 spiro atoms. The first kappa shape index (κ1) is 20.5. The number of nitriles is 1. The molecule has 6 nitrogen and oxygen atoms in total. The van der Waals surface area contributed by atoms with E-state index in [2.05, 4.69) is 6.07 Å². The number of likely N-dealkylation sites (tertiary alicyclic amines) is 1. The lowest BCUT2D eigenvalue weighted by Crippen LogP contribution is -2.48. The Morgan fingerprint density at radius 3 is 2.57 bits per heavy atom. The summed E-state index contributed by atoms with van der Waals surface area (Å²) in [4.78, 5) is 13.2. The maximum Gasteiger partial charge on any atom is 0.320 e. The molecule has 6 heteroatoms. The van der Waals surface area contributed by atoms with Gasteiger partial charge in [0.1, 0.15) is 6.04 Å². The summed E-state index contributed by atoms with van der Waals surface area (Å²) in [6.45, 7) is 5.39. The van der Waals surface area contributed by atoms with Crippen LogP contribution in [0, 0.1) is 11.3 Å². The number of carboxylic acid groups (broad SMARTS) is 1. The van der Waals surface area contributed by atoms with Gasteiger partial charge < -0.3 is 14.6 Å². The molecule has 152 valence electrons. The van der Waals surface area contributed by atoms with Crippen molar-refractivity contribution in [1.82, 2.24) is 4.90 Å². The van der Waals surface area contributed by atoms with Crippen LogP contribution in [0.1, 0.15) is 57.9 Å². The molecule has 1 saturated heterocycles. The van der Waals surface area contributed by atoms with Crippen molar-refractivity contribution in [1.29, 1.82) is 5.26 Å². The highest BCUT2D eigenvalue weighted by Gasteiger charge is 2.39. The number of carboxylic acids is 1. The summed E-state index contributed by atoms with van der Waals surface area (Å²) in [6, 6.07) is 7.85. The molecule has 3 rings (SSSR count). The van der Waals surface area contributed by atoms with Gasteiger partial charge in [-0.15, -0.1) is 0 Å². The molecule has 28 heavy (non-hydrogen) atoms. The fraction of sp³-hybridized carbons (Fsp3) is 0.636. The highest BCUT2D eigenvalue weighted by Crippen LogP contribution is 2.40. The molecule has 1 aromatic rings. The van der Waals surface area contributed by atoms with E-state index >= 15 is 0 Å². The van der Waals surface area contributed by atoms with Gasteiger partial charge in [0, 0.05) is 13.1 Å². The van der Waals surface area contributed by atoms with Crippen molar-refractivity contribution in [3.63, 3.8) is 0 Å². The predicted octanol–water partition coefficient (Wildman–Crippen LogP) is 3.74. The summed E-state index contributed by atoms with van der Waals surface area (Å²) >= 11 is 0. The van der Waals surface area contributed by atoms with E-state index in [-0.39, 0.29) is 6.10 Å². The predicted molar refractivity (Wildman–Crippen MR) is 106 cm³/mol. The van der Waals surface area contributed by atoms with Gasteiger partial charge in [-0.05, 0) is 70.1 Å². The van der Waals surface area contributed by atoms with Crippen molar-refractivity contribution in [2.75, 3.05) is 19.7 Å². The topological polar surface area (TPSA) is 82.8 Å². The third kappa shape index (κ3) is 4.25. The van der Waals surface area contributed by atoms with Gasteiger partial charge in [-0.25, -0.2) is 0 Å². The first-order valence-electron chi connectivity index (χ1n) is 10.3. The molecule has 1 heterocycles. The van der Waals surface area contributed by atoms with Crippen molar-refractivity contribution in [2.24, 2.45) is 0 Å². The van der Waals surface area contributed by atoms with Crippen molar-refractivity contribution in [3.05, 3.63) is 23.8 Å². The van der Waals surface area contributed by atoms with Crippen molar-refractivity contribution in [2.45, 2.75) is 69.9 Å². The lowest BCUT2D eigenvalue weighted by atomic mass is 9.73. The molecule has 1 atom stereocenters. The highest BCUT2D eigenvalue weighted by atomic mass is 16.5. The molecular weight excluding hydrogens is 356 g/mol. The Balaban J connectivity index is 1.82.